The molecule has 0 aromatic heterocycles. The summed E-state index contributed by atoms with van der Waals surface area (Å²) in [6.45, 7) is 1.79. The lowest BCUT2D eigenvalue weighted by Gasteiger charge is -2.18. The van der Waals surface area contributed by atoms with Crippen LogP contribution in [0.5, 0.6) is 11.5 Å². The van der Waals surface area contributed by atoms with Crippen molar-refractivity contribution in [1.29, 1.82) is 0 Å². The zero-order valence-electron chi connectivity index (χ0n) is 11.7. The fraction of sp³-hybridized carbons (Fsp3) is 0.200. The molecular weight excluding hydrogens is 290 g/mol. The van der Waals surface area contributed by atoms with Gasteiger partial charge in [0.05, 0.1) is 16.5 Å². The second-order valence-electron chi connectivity index (χ2n) is 4.87. The molecule has 0 aliphatic rings. The minimum atomic E-state index is -3.22. The van der Waals surface area contributed by atoms with Gasteiger partial charge in [0.2, 0.25) is 0 Å². The highest BCUT2D eigenvalue weighted by Gasteiger charge is 2.15. The Balaban J connectivity index is 2.22. The standard InChI is InChI=1S/C15H17NO4S/c1-10(15-13(17)4-3-5-14(15)18)16-11-6-8-12(9-7-11)21(2,19)20/h3-10,16-18H,1-2H3. The van der Waals surface area contributed by atoms with Crippen LogP contribution < -0.4 is 5.32 Å². The third-order valence-electron chi connectivity index (χ3n) is 3.16. The fourth-order valence-corrected chi connectivity index (χ4v) is 2.74. The third kappa shape index (κ3) is 3.46. The van der Waals surface area contributed by atoms with Crippen molar-refractivity contribution in [2.45, 2.75) is 17.9 Å². The first-order chi connectivity index (χ1) is 9.79. The average Bonchev–Trinajstić information content (AvgIpc) is 2.38. The Labute approximate surface area is 123 Å². The number of aromatic hydroxyl groups is 2. The van der Waals surface area contributed by atoms with Crippen molar-refractivity contribution >= 4 is 15.5 Å². The molecule has 0 fully saturated rings. The van der Waals surface area contributed by atoms with Gasteiger partial charge in [-0.1, -0.05) is 6.07 Å². The maximum Gasteiger partial charge on any atom is 0.175 e. The first-order valence-corrected chi connectivity index (χ1v) is 8.25. The smallest absolute Gasteiger partial charge is 0.175 e. The Bertz CT molecular complexity index is 719. The highest BCUT2D eigenvalue weighted by Crippen LogP contribution is 2.34. The molecule has 0 saturated heterocycles. The van der Waals surface area contributed by atoms with E-state index in [9.17, 15) is 18.6 Å². The van der Waals surface area contributed by atoms with Gasteiger partial charge in [0, 0.05) is 11.9 Å². The number of phenolic OH excluding ortho intramolecular Hbond substituents is 2. The van der Waals surface area contributed by atoms with Crippen molar-refractivity contribution < 1.29 is 18.6 Å². The van der Waals surface area contributed by atoms with E-state index in [1.54, 1.807) is 25.1 Å². The van der Waals surface area contributed by atoms with E-state index in [2.05, 4.69) is 5.32 Å². The molecule has 0 bridgehead atoms. The summed E-state index contributed by atoms with van der Waals surface area (Å²) >= 11 is 0. The van der Waals surface area contributed by atoms with Gasteiger partial charge in [0.15, 0.2) is 9.84 Å². The highest BCUT2D eigenvalue weighted by molar-refractivity contribution is 7.90. The average molecular weight is 307 g/mol. The monoisotopic (exact) mass is 307 g/mol. The van der Waals surface area contributed by atoms with Crippen LogP contribution in [-0.4, -0.2) is 24.9 Å². The molecule has 0 aliphatic heterocycles. The summed E-state index contributed by atoms with van der Waals surface area (Å²) < 4.78 is 22.8. The normalized spacial score (nSPS) is 12.9. The predicted octanol–water partition coefficient (Wildman–Crippen LogP) is 2.67. The van der Waals surface area contributed by atoms with Crippen LogP contribution in [0.3, 0.4) is 0 Å². The number of benzene rings is 2. The Morgan fingerprint density at radius 2 is 1.52 bits per heavy atom. The van der Waals surface area contributed by atoms with E-state index in [0.717, 1.165) is 6.26 Å². The van der Waals surface area contributed by atoms with Crippen LogP contribution >= 0.6 is 0 Å². The van der Waals surface area contributed by atoms with Gasteiger partial charge in [-0.25, -0.2) is 8.42 Å². The van der Waals surface area contributed by atoms with Crippen molar-refractivity contribution in [3.05, 3.63) is 48.0 Å². The molecule has 21 heavy (non-hydrogen) atoms. The number of hydrogen-bond acceptors (Lipinski definition) is 5. The van der Waals surface area contributed by atoms with Gasteiger partial charge in [-0.2, -0.15) is 0 Å². The molecule has 112 valence electrons. The first-order valence-electron chi connectivity index (χ1n) is 6.36. The number of phenols is 2. The summed E-state index contributed by atoms with van der Waals surface area (Å²) in [5.41, 5.74) is 1.09. The van der Waals surface area contributed by atoms with E-state index in [0.29, 0.717) is 11.3 Å². The van der Waals surface area contributed by atoms with Crippen LogP contribution in [0.2, 0.25) is 0 Å². The van der Waals surface area contributed by atoms with Crippen LogP contribution in [-0.2, 0) is 9.84 Å². The van der Waals surface area contributed by atoms with Crippen molar-refractivity contribution in [2.24, 2.45) is 0 Å². The second kappa shape index (κ2) is 5.65. The Hall–Kier alpha value is -2.21. The molecule has 0 aliphatic carbocycles. The summed E-state index contributed by atoms with van der Waals surface area (Å²) in [7, 11) is -3.22. The van der Waals surface area contributed by atoms with E-state index >= 15 is 0 Å². The summed E-state index contributed by atoms with van der Waals surface area (Å²) in [6, 6.07) is 10.5. The summed E-state index contributed by atoms with van der Waals surface area (Å²) in [6.07, 6.45) is 1.15. The molecule has 6 heteroatoms. The van der Waals surface area contributed by atoms with Crippen LogP contribution in [0, 0.1) is 0 Å². The zero-order chi connectivity index (χ0) is 15.6. The third-order valence-corrected chi connectivity index (χ3v) is 4.29. The largest absolute Gasteiger partial charge is 0.507 e. The molecule has 0 amide bonds. The summed E-state index contributed by atoms with van der Waals surface area (Å²) in [5, 5.41) is 22.7. The quantitative estimate of drug-likeness (QED) is 0.808. The SMILES string of the molecule is CC(Nc1ccc(S(C)(=O)=O)cc1)c1c(O)cccc1O. The Morgan fingerprint density at radius 3 is 2.00 bits per heavy atom. The maximum atomic E-state index is 11.4. The molecule has 0 spiro atoms. The van der Waals surface area contributed by atoms with Crippen LogP contribution in [0.15, 0.2) is 47.4 Å². The predicted molar refractivity (Wildman–Crippen MR) is 81.4 cm³/mol. The Morgan fingerprint density at radius 1 is 1.00 bits per heavy atom. The molecule has 0 radical (unpaired) electrons. The number of sulfone groups is 1. The zero-order valence-corrected chi connectivity index (χ0v) is 12.6. The maximum absolute atomic E-state index is 11.4. The van der Waals surface area contributed by atoms with Crippen LogP contribution in [0.1, 0.15) is 18.5 Å². The minimum Gasteiger partial charge on any atom is -0.507 e. The molecule has 1 atom stereocenters. The number of rotatable bonds is 4. The van der Waals surface area contributed by atoms with Gasteiger partial charge in [-0.15, -0.1) is 0 Å². The lowest BCUT2D eigenvalue weighted by molar-refractivity contribution is 0.434. The van der Waals surface area contributed by atoms with Gasteiger partial charge >= 0.3 is 0 Å². The summed E-state index contributed by atoms with van der Waals surface area (Å²) in [4.78, 5) is 0.242. The molecular formula is C15H17NO4S. The fourth-order valence-electron chi connectivity index (χ4n) is 2.11. The van der Waals surface area contributed by atoms with Gasteiger partial charge in [-0.3, -0.25) is 0 Å². The first kappa shape index (κ1) is 15.2. The lowest BCUT2D eigenvalue weighted by Crippen LogP contribution is -2.07. The van der Waals surface area contributed by atoms with Crippen molar-refractivity contribution in [2.75, 3.05) is 11.6 Å². The van der Waals surface area contributed by atoms with Gasteiger partial charge in [-0.05, 0) is 43.3 Å². The van der Waals surface area contributed by atoms with Crippen LogP contribution in [0.25, 0.3) is 0 Å². The molecule has 0 saturated carbocycles. The van der Waals surface area contributed by atoms with E-state index in [1.165, 1.54) is 24.3 Å². The topological polar surface area (TPSA) is 86.6 Å². The Kier molecular flexibility index (Phi) is 4.09. The van der Waals surface area contributed by atoms with Crippen LogP contribution in [0.4, 0.5) is 5.69 Å². The van der Waals surface area contributed by atoms with E-state index in [1.807, 2.05) is 0 Å². The number of hydrogen-bond donors (Lipinski definition) is 3. The van der Waals surface area contributed by atoms with E-state index < -0.39 is 9.84 Å². The highest BCUT2D eigenvalue weighted by atomic mass is 32.2. The van der Waals surface area contributed by atoms with Crippen molar-refractivity contribution in [3.63, 3.8) is 0 Å². The molecule has 2 rings (SSSR count). The van der Waals surface area contributed by atoms with Gasteiger partial charge in [0.1, 0.15) is 11.5 Å². The molecule has 1 unspecified atom stereocenters. The number of nitrogens with one attached hydrogen (secondary N) is 1. The number of anilines is 1. The molecule has 2 aromatic carbocycles. The van der Waals surface area contributed by atoms with Crippen molar-refractivity contribution in [1.82, 2.24) is 0 Å². The lowest BCUT2D eigenvalue weighted by atomic mass is 10.1. The molecule has 5 nitrogen and oxygen atoms in total. The molecule has 3 N–H and O–H groups in total. The second-order valence-corrected chi connectivity index (χ2v) is 6.89. The van der Waals surface area contributed by atoms with Gasteiger partial charge in [0.25, 0.3) is 0 Å². The van der Waals surface area contributed by atoms with Gasteiger partial charge < -0.3 is 15.5 Å². The van der Waals surface area contributed by atoms with E-state index in [-0.39, 0.29) is 22.4 Å². The summed E-state index contributed by atoms with van der Waals surface area (Å²) in [5.74, 6) is 0.00510. The molecule has 2 aromatic rings. The molecule has 0 heterocycles. The van der Waals surface area contributed by atoms with Crippen molar-refractivity contribution in [3.8, 4) is 11.5 Å². The minimum absolute atomic E-state index is 0.00255. The van der Waals surface area contributed by atoms with E-state index in [4.69, 9.17) is 0 Å².